The monoisotopic (exact) mass is 346 g/mol. The van der Waals surface area contributed by atoms with Gasteiger partial charge in [0.05, 0.1) is 6.21 Å². The van der Waals surface area contributed by atoms with E-state index in [1.165, 1.54) is 6.21 Å². The number of rotatable bonds is 6. The highest BCUT2D eigenvalue weighted by Gasteiger charge is 2.44. The van der Waals surface area contributed by atoms with Gasteiger partial charge in [0.25, 0.3) is 5.91 Å². The van der Waals surface area contributed by atoms with Gasteiger partial charge in [-0.05, 0) is 38.3 Å². The lowest BCUT2D eigenvalue weighted by Crippen LogP contribution is -2.40. The molecule has 0 unspecified atom stereocenters. The Hall–Kier alpha value is -2.64. The van der Waals surface area contributed by atoms with Gasteiger partial charge in [-0.1, -0.05) is 6.92 Å². The van der Waals surface area contributed by atoms with Crippen molar-refractivity contribution in [2.45, 2.75) is 45.1 Å². The highest BCUT2D eigenvalue weighted by atomic mass is 16.3. The van der Waals surface area contributed by atoms with Gasteiger partial charge in [-0.3, -0.25) is 14.5 Å². The van der Waals surface area contributed by atoms with Gasteiger partial charge in [-0.25, -0.2) is 10.2 Å². The molecule has 1 saturated heterocycles. The number of urea groups is 1. The third-order valence-electron chi connectivity index (χ3n) is 4.51. The molecule has 1 aromatic rings. The Kier molecular flexibility index (Phi) is 4.36. The van der Waals surface area contributed by atoms with Crippen molar-refractivity contribution < 1.29 is 18.8 Å². The van der Waals surface area contributed by atoms with Crippen LogP contribution in [0.2, 0.25) is 0 Å². The zero-order chi connectivity index (χ0) is 18.2. The first-order chi connectivity index (χ1) is 11.8. The highest BCUT2D eigenvalue weighted by Crippen LogP contribution is 2.47. The molecule has 1 aromatic heterocycles. The summed E-state index contributed by atoms with van der Waals surface area (Å²) in [4.78, 5) is 36.6. The molecule has 4 amide bonds. The number of hydrazone groups is 1. The molecule has 3 rings (SSSR count). The van der Waals surface area contributed by atoms with Gasteiger partial charge in [0, 0.05) is 18.9 Å². The molecule has 2 N–H and O–H groups in total. The molecule has 2 fully saturated rings. The minimum atomic E-state index is -0.929. The second-order valence-corrected chi connectivity index (χ2v) is 7.11. The fourth-order valence-corrected chi connectivity index (χ4v) is 2.81. The van der Waals surface area contributed by atoms with Crippen molar-refractivity contribution in [3.05, 3.63) is 23.7 Å². The summed E-state index contributed by atoms with van der Waals surface area (Å²) >= 11 is 0. The number of hydrogen-bond acceptors (Lipinski definition) is 5. The zero-order valence-electron chi connectivity index (χ0n) is 14.5. The van der Waals surface area contributed by atoms with Crippen LogP contribution in [0, 0.1) is 5.92 Å². The van der Waals surface area contributed by atoms with Crippen LogP contribution in [0.3, 0.4) is 0 Å². The van der Waals surface area contributed by atoms with Crippen LogP contribution in [0.15, 0.2) is 21.7 Å². The standard InChI is InChI=1S/C17H22N4O4/c1-10-8-12(10)13-5-4-11(25-13)9-18-20-14(22)6-7-21-15(23)17(2,3)19-16(21)24/h4-5,9-10,12H,6-8H2,1-3H3,(H,19,24)(H,20,22)/b18-9-/t10-,12+/m0/s1. The van der Waals surface area contributed by atoms with Crippen molar-refractivity contribution in [1.29, 1.82) is 0 Å². The SMILES string of the molecule is C[C@H]1C[C@H]1c1ccc(/C=N\NC(=O)CCN2C(=O)NC(C)(C)C2=O)o1. The molecule has 0 radical (unpaired) electrons. The molecule has 2 atom stereocenters. The summed E-state index contributed by atoms with van der Waals surface area (Å²) in [5, 5.41) is 6.41. The minimum absolute atomic E-state index is 0.0138. The van der Waals surface area contributed by atoms with Crippen molar-refractivity contribution >= 4 is 24.1 Å². The normalized spacial score (nSPS) is 24.7. The first-order valence-electron chi connectivity index (χ1n) is 8.33. The maximum Gasteiger partial charge on any atom is 0.325 e. The summed E-state index contributed by atoms with van der Waals surface area (Å²) < 4.78 is 5.65. The van der Waals surface area contributed by atoms with E-state index < -0.39 is 11.6 Å². The lowest BCUT2D eigenvalue weighted by atomic mass is 10.1. The molecule has 2 heterocycles. The Labute approximate surface area is 145 Å². The molecule has 0 bridgehead atoms. The van der Waals surface area contributed by atoms with E-state index >= 15 is 0 Å². The quantitative estimate of drug-likeness (QED) is 0.463. The fraction of sp³-hybridized carbons (Fsp3) is 0.529. The Morgan fingerprint density at radius 1 is 1.48 bits per heavy atom. The van der Waals surface area contributed by atoms with Gasteiger partial charge in [-0.2, -0.15) is 5.10 Å². The Morgan fingerprint density at radius 2 is 2.20 bits per heavy atom. The molecule has 8 heteroatoms. The van der Waals surface area contributed by atoms with E-state index in [4.69, 9.17) is 4.42 Å². The van der Waals surface area contributed by atoms with E-state index in [-0.39, 0.29) is 24.8 Å². The number of furan rings is 1. The molecule has 1 aliphatic heterocycles. The second-order valence-electron chi connectivity index (χ2n) is 7.11. The van der Waals surface area contributed by atoms with Crippen LogP contribution < -0.4 is 10.7 Å². The third-order valence-corrected chi connectivity index (χ3v) is 4.51. The molecular formula is C17H22N4O4. The van der Waals surface area contributed by atoms with Crippen LogP contribution in [0.1, 0.15) is 51.1 Å². The van der Waals surface area contributed by atoms with Crippen molar-refractivity contribution in [2.24, 2.45) is 11.0 Å². The average Bonchev–Trinajstić information content (AvgIpc) is 3.01. The molecule has 1 saturated carbocycles. The number of hydrogen-bond donors (Lipinski definition) is 2. The van der Waals surface area contributed by atoms with E-state index in [0.29, 0.717) is 17.6 Å². The first-order valence-corrected chi connectivity index (χ1v) is 8.33. The largest absolute Gasteiger partial charge is 0.460 e. The van der Waals surface area contributed by atoms with E-state index in [1.807, 2.05) is 12.1 Å². The van der Waals surface area contributed by atoms with E-state index in [2.05, 4.69) is 22.8 Å². The molecular weight excluding hydrogens is 324 g/mol. The smallest absolute Gasteiger partial charge is 0.325 e. The molecule has 2 aliphatic rings. The number of nitrogens with zero attached hydrogens (tertiary/aromatic N) is 2. The van der Waals surface area contributed by atoms with Crippen LogP contribution in [0.4, 0.5) is 4.79 Å². The van der Waals surface area contributed by atoms with Gasteiger partial charge >= 0.3 is 6.03 Å². The van der Waals surface area contributed by atoms with E-state index in [1.54, 1.807) is 13.8 Å². The highest BCUT2D eigenvalue weighted by molar-refractivity contribution is 6.06. The molecule has 0 aromatic carbocycles. The number of imide groups is 1. The fourth-order valence-electron chi connectivity index (χ4n) is 2.81. The van der Waals surface area contributed by atoms with Crippen molar-refractivity contribution in [3.63, 3.8) is 0 Å². The second kappa shape index (κ2) is 6.34. The van der Waals surface area contributed by atoms with Crippen LogP contribution in [0.25, 0.3) is 0 Å². The molecule has 1 aliphatic carbocycles. The Balaban J connectivity index is 1.44. The lowest BCUT2D eigenvalue weighted by molar-refractivity contribution is -0.130. The summed E-state index contributed by atoms with van der Waals surface area (Å²) in [6, 6.07) is 3.26. The predicted octanol–water partition coefficient (Wildman–Crippen LogP) is 1.57. The zero-order valence-corrected chi connectivity index (χ0v) is 14.5. The summed E-state index contributed by atoms with van der Waals surface area (Å²) in [7, 11) is 0. The third kappa shape index (κ3) is 3.72. The van der Waals surface area contributed by atoms with Crippen molar-refractivity contribution in [2.75, 3.05) is 6.54 Å². The predicted molar refractivity (Wildman–Crippen MR) is 89.9 cm³/mol. The van der Waals surface area contributed by atoms with Crippen LogP contribution >= 0.6 is 0 Å². The van der Waals surface area contributed by atoms with Crippen LogP contribution in [-0.2, 0) is 9.59 Å². The number of nitrogens with one attached hydrogen (secondary N) is 2. The maximum absolute atomic E-state index is 12.0. The molecule has 134 valence electrons. The Bertz CT molecular complexity index is 737. The number of carbonyl (C=O) groups is 3. The van der Waals surface area contributed by atoms with Crippen molar-refractivity contribution in [1.82, 2.24) is 15.6 Å². The summed E-state index contributed by atoms with van der Waals surface area (Å²) in [5.74, 6) is 1.94. The Morgan fingerprint density at radius 3 is 2.80 bits per heavy atom. The maximum atomic E-state index is 12.0. The average molecular weight is 346 g/mol. The lowest BCUT2D eigenvalue weighted by Gasteiger charge is -2.15. The van der Waals surface area contributed by atoms with Gasteiger partial charge in [0.15, 0.2) is 0 Å². The number of amides is 4. The minimum Gasteiger partial charge on any atom is -0.460 e. The summed E-state index contributed by atoms with van der Waals surface area (Å²) in [6.45, 7) is 5.43. The molecule has 8 nitrogen and oxygen atoms in total. The molecule has 25 heavy (non-hydrogen) atoms. The summed E-state index contributed by atoms with van der Waals surface area (Å²) in [5.41, 5.74) is 1.44. The topological polar surface area (TPSA) is 104 Å². The van der Waals surface area contributed by atoms with Crippen molar-refractivity contribution in [3.8, 4) is 0 Å². The summed E-state index contributed by atoms with van der Waals surface area (Å²) in [6.07, 6.45) is 2.56. The number of carbonyl (C=O) groups excluding carboxylic acids is 3. The van der Waals surface area contributed by atoms with Gasteiger partial charge in [0.1, 0.15) is 17.1 Å². The van der Waals surface area contributed by atoms with Gasteiger partial charge in [0.2, 0.25) is 5.91 Å². The molecule has 0 spiro atoms. The van der Waals surface area contributed by atoms with E-state index in [0.717, 1.165) is 17.1 Å². The van der Waals surface area contributed by atoms with E-state index in [9.17, 15) is 14.4 Å². The van der Waals surface area contributed by atoms with Gasteiger partial charge in [-0.15, -0.1) is 0 Å². The van der Waals surface area contributed by atoms with Crippen LogP contribution in [0.5, 0.6) is 0 Å². The van der Waals surface area contributed by atoms with Crippen LogP contribution in [-0.4, -0.2) is 41.0 Å². The first kappa shape index (κ1) is 17.2. The van der Waals surface area contributed by atoms with Gasteiger partial charge < -0.3 is 9.73 Å².